The quantitative estimate of drug-likeness (QED) is 0.388. The van der Waals surface area contributed by atoms with E-state index in [9.17, 15) is 4.79 Å². The molecule has 0 saturated carbocycles. The fraction of sp³-hybridized carbons (Fsp3) is 0.222. The molecule has 0 aromatic heterocycles. The maximum atomic E-state index is 9.92. The van der Waals surface area contributed by atoms with E-state index in [4.69, 9.17) is 5.73 Å². The van der Waals surface area contributed by atoms with Crippen LogP contribution in [-0.2, 0) is 11.2 Å². The molecule has 0 aliphatic rings. The number of benzene rings is 1. The van der Waals surface area contributed by atoms with Crippen molar-refractivity contribution < 1.29 is 4.79 Å². The number of nitrogen functional groups attached to an aromatic ring is 1. The molecule has 3 heteroatoms. The van der Waals surface area contributed by atoms with Crippen molar-refractivity contribution in [3.05, 3.63) is 29.8 Å². The number of hydrogen-bond donors (Lipinski definition) is 2. The Morgan fingerprint density at radius 3 is 2.58 bits per heavy atom. The van der Waals surface area contributed by atoms with Crippen molar-refractivity contribution in [2.45, 2.75) is 6.42 Å². The number of carbonyl (C=O) groups excluding carboxylic acids is 1. The normalized spacial score (nSPS) is 9.33. The van der Waals surface area contributed by atoms with Crippen molar-refractivity contribution in [1.82, 2.24) is 5.32 Å². The van der Waals surface area contributed by atoms with Gasteiger partial charge in [0, 0.05) is 12.2 Å². The van der Waals surface area contributed by atoms with E-state index in [1.807, 2.05) is 24.3 Å². The molecule has 1 aromatic rings. The summed E-state index contributed by atoms with van der Waals surface area (Å²) in [6, 6.07) is 7.64. The topological polar surface area (TPSA) is 55.1 Å². The number of rotatable bonds is 4. The lowest BCUT2D eigenvalue weighted by molar-refractivity contribution is -0.109. The predicted octanol–water partition coefficient (Wildman–Crippen LogP) is 0.557. The third-order valence-corrected chi connectivity index (χ3v) is 1.62. The van der Waals surface area contributed by atoms with Gasteiger partial charge in [-0.25, -0.2) is 0 Å². The number of nitrogens with one attached hydrogen (secondary N) is 1. The van der Waals surface area contributed by atoms with Crippen LogP contribution in [-0.4, -0.2) is 13.0 Å². The average molecular weight is 164 g/mol. The van der Waals surface area contributed by atoms with Crippen molar-refractivity contribution >= 4 is 12.1 Å². The lowest BCUT2D eigenvalue weighted by Crippen LogP contribution is -2.14. The fourth-order valence-electron chi connectivity index (χ4n) is 0.960. The molecule has 0 atom stereocenters. The van der Waals surface area contributed by atoms with Gasteiger partial charge in [-0.3, -0.25) is 4.79 Å². The first kappa shape index (κ1) is 8.59. The van der Waals surface area contributed by atoms with Gasteiger partial charge >= 0.3 is 0 Å². The largest absolute Gasteiger partial charge is 0.399 e. The number of hydrogen-bond acceptors (Lipinski definition) is 2. The molecule has 0 unspecified atom stereocenters. The van der Waals surface area contributed by atoms with Gasteiger partial charge in [-0.2, -0.15) is 0 Å². The van der Waals surface area contributed by atoms with Gasteiger partial charge in [-0.15, -0.1) is 0 Å². The van der Waals surface area contributed by atoms with E-state index in [1.165, 1.54) is 5.56 Å². The zero-order valence-electron chi connectivity index (χ0n) is 6.79. The Morgan fingerprint density at radius 2 is 2.00 bits per heavy atom. The monoisotopic (exact) mass is 164 g/mol. The summed E-state index contributed by atoms with van der Waals surface area (Å²) in [6.07, 6.45) is 1.55. The van der Waals surface area contributed by atoms with Crippen molar-refractivity contribution in [1.29, 1.82) is 0 Å². The fourth-order valence-corrected chi connectivity index (χ4v) is 0.960. The maximum absolute atomic E-state index is 9.92. The highest BCUT2D eigenvalue weighted by Crippen LogP contribution is 2.05. The highest BCUT2D eigenvalue weighted by molar-refractivity contribution is 5.46. The molecule has 0 aliphatic carbocycles. The van der Waals surface area contributed by atoms with Gasteiger partial charge in [-0.1, -0.05) is 12.1 Å². The Labute approximate surface area is 71.6 Å². The molecule has 64 valence electrons. The minimum atomic E-state index is 0.674. The first-order valence-electron chi connectivity index (χ1n) is 3.84. The van der Waals surface area contributed by atoms with Gasteiger partial charge < -0.3 is 11.1 Å². The summed E-state index contributed by atoms with van der Waals surface area (Å²) in [7, 11) is 0. The molecule has 0 saturated heterocycles. The molecular weight excluding hydrogens is 152 g/mol. The van der Waals surface area contributed by atoms with Gasteiger partial charge in [0.2, 0.25) is 6.41 Å². The zero-order valence-corrected chi connectivity index (χ0v) is 6.79. The van der Waals surface area contributed by atoms with E-state index in [-0.39, 0.29) is 0 Å². The molecular formula is C9H12N2O. The molecule has 0 heterocycles. The number of carbonyl (C=O) groups is 1. The number of anilines is 1. The van der Waals surface area contributed by atoms with Crippen molar-refractivity contribution in [2.24, 2.45) is 0 Å². The van der Waals surface area contributed by atoms with E-state index >= 15 is 0 Å². The lowest BCUT2D eigenvalue weighted by atomic mass is 10.1. The van der Waals surface area contributed by atoms with Crippen LogP contribution in [0.5, 0.6) is 0 Å². The third-order valence-electron chi connectivity index (χ3n) is 1.62. The second-order valence-corrected chi connectivity index (χ2v) is 2.56. The van der Waals surface area contributed by atoms with Gasteiger partial charge in [0.1, 0.15) is 0 Å². The molecule has 12 heavy (non-hydrogen) atoms. The van der Waals surface area contributed by atoms with Gasteiger partial charge in [0.15, 0.2) is 0 Å². The summed E-state index contributed by atoms with van der Waals surface area (Å²) in [5.41, 5.74) is 7.45. The Hall–Kier alpha value is -1.51. The summed E-state index contributed by atoms with van der Waals surface area (Å²) >= 11 is 0. The second-order valence-electron chi connectivity index (χ2n) is 2.56. The van der Waals surface area contributed by atoms with Crippen LogP contribution in [0.15, 0.2) is 24.3 Å². The number of nitrogens with two attached hydrogens (primary N) is 1. The molecule has 1 amide bonds. The van der Waals surface area contributed by atoms with Crippen LogP contribution in [0.4, 0.5) is 5.69 Å². The Kier molecular flexibility index (Phi) is 3.14. The van der Waals surface area contributed by atoms with Crippen LogP contribution in [0.2, 0.25) is 0 Å². The summed E-state index contributed by atoms with van der Waals surface area (Å²) in [5, 5.41) is 2.60. The highest BCUT2D eigenvalue weighted by atomic mass is 16.1. The van der Waals surface area contributed by atoms with Crippen LogP contribution < -0.4 is 11.1 Å². The highest BCUT2D eigenvalue weighted by Gasteiger charge is 1.90. The minimum Gasteiger partial charge on any atom is -0.399 e. The average Bonchev–Trinajstić information content (AvgIpc) is 2.09. The minimum absolute atomic E-state index is 0.674. The summed E-state index contributed by atoms with van der Waals surface area (Å²) in [4.78, 5) is 9.92. The van der Waals surface area contributed by atoms with E-state index in [0.717, 1.165) is 12.1 Å². The standard InChI is InChI=1S/C9H12N2O/c10-9-3-1-8(2-4-9)5-6-11-7-12/h1-4,7H,5-6,10H2,(H,11,12). The maximum Gasteiger partial charge on any atom is 0.207 e. The number of amides is 1. The summed E-state index contributed by atoms with van der Waals surface area (Å²) in [5.74, 6) is 0. The van der Waals surface area contributed by atoms with Crippen molar-refractivity contribution in [2.75, 3.05) is 12.3 Å². The molecule has 0 bridgehead atoms. The van der Waals surface area contributed by atoms with Gasteiger partial charge in [0.25, 0.3) is 0 Å². The molecule has 1 aromatic carbocycles. The molecule has 0 fully saturated rings. The van der Waals surface area contributed by atoms with Crippen LogP contribution in [0.1, 0.15) is 5.56 Å². The van der Waals surface area contributed by atoms with E-state index in [1.54, 1.807) is 0 Å². The molecule has 0 radical (unpaired) electrons. The van der Waals surface area contributed by atoms with Crippen LogP contribution in [0, 0.1) is 0 Å². The molecule has 1 rings (SSSR count). The smallest absolute Gasteiger partial charge is 0.207 e. The van der Waals surface area contributed by atoms with E-state index in [2.05, 4.69) is 5.32 Å². The Morgan fingerprint density at radius 1 is 1.33 bits per heavy atom. The van der Waals surface area contributed by atoms with Gasteiger partial charge in [-0.05, 0) is 24.1 Å². The summed E-state index contributed by atoms with van der Waals surface area (Å²) < 4.78 is 0. The van der Waals surface area contributed by atoms with Crippen LogP contribution in [0.3, 0.4) is 0 Å². The lowest BCUT2D eigenvalue weighted by Gasteiger charge is -2.00. The Balaban J connectivity index is 2.42. The summed E-state index contributed by atoms with van der Waals surface area (Å²) in [6.45, 7) is 0.674. The van der Waals surface area contributed by atoms with Gasteiger partial charge in [0.05, 0.1) is 0 Å². The predicted molar refractivity (Wildman–Crippen MR) is 48.6 cm³/mol. The first-order chi connectivity index (χ1) is 5.83. The van der Waals surface area contributed by atoms with E-state index in [0.29, 0.717) is 13.0 Å². The van der Waals surface area contributed by atoms with Crippen LogP contribution >= 0.6 is 0 Å². The zero-order chi connectivity index (χ0) is 8.81. The second kappa shape index (κ2) is 4.38. The van der Waals surface area contributed by atoms with Crippen molar-refractivity contribution in [3.63, 3.8) is 0 Å². The SMILES string of the molecule is Nc1ccc(CCNC=O)cc1. The molecule has 0 spiro atoms. The van der Waals surface area contributed by atoms with E-state index < -0.39 is 0 Å². The van der Waals surface area contributed by atoms with Crippen LogP contribution in [0.25, 0.3) is 0 Å². The molecule has 3 nitrogen and oxygen atoms in total. The first-order valence-corrected chi connectivity index (χ1v) is 3.84. The third kappa shape index (κ3) is 2.62. The molecule has 3 N–H and O–H groups in total. The molecule has 0 aliphatic heterocycles. The Bertz CT molecular complexity index is 243. The van der Waals surface area contributed by atoms with Crippen molar-refractivity contribution in [3.8, 4) is 0 Å².